The van der Waals surface area contributed by atoms with Crippen LogP contribution in [0.25, 0.3) is 10.8 Å². The van der Waals surface area contributed by atoms with Gasteiger partial charge in [0.05, 0.1) is 4.90 Å². The fraction of sp³-hybridized carbons (Fsp3) is 0.474. The van der Waals surface area contributed by atoms with Crippen LogP contribution in [-0.4, -0.2) is 13.0 Å². The van der Waals surface area contributed by atoms with E-state index in [0.717, 1.165) is 22.1 Å². The van der Waals surface area contributed by atoms with Gasteiger partial charge < -0.3 is 4.55 Å². The first-order valence-electron chi connectivity index (χ1n) is 8.11. The van der Waals surface area contributed by atoms with Crippen LogP contribution in [0.5, 0.6) is 0 Å². The smallest absolute Gasteiger partial charge is 0.744 e. The van der Waals surface area contributed by atoms with Gasteiger partial charge in [0.1, 0.15) is 10.1 Å². The van der Waals surface area contributed by atoms with Gasteiger partial charge in [0.2, 0.25) is 0 Å². The molecule has 2 aromatic rings. The van der Waals surface area contributed by atoms with Gasteiger partial charge in [-0.25, -0.2) is 8.42 Å². The molecule has 3 nitrogen and oxygen atoms in total. The summed E-state index contributed by atoms with van der Waals surface area (Å²) in [5, 5.41) is 1.56. The molecule has 0 heterocycles. The third kappa shape index (κ3) is 4.05. The maximum absolute atomic E-state index is 11.8. The molecule has 0 aliphatic heterocycles. The van der Waals surface area contributed by atoms with Crippen molar-refractivity contribution in [2.75, 3.05) is 0 Å². The van der Waals surface area contributed by atoms with Gasteiger partial charge in [-0.15, -0.1) is 0 Å². The molecule has 2 aromatic carbocycles. The summed E-state index contributed by atoms with van der Waals surface area (Å²) in [6, 6.07) is 7.33. The Morgan fingerprint density at radius 1 is 0.708 bits per heavy atom. The Morgan fingerprint density at radius 2 is 1.04 bits per heavy atom. The predicted octanol–water partition coefficient (Wildman–Crippen LogP) is 2.12. The largest absolute Gasteiger partial charge is 1.00 e. The van der Waals surface area contributed by atoms with Crippen molar-refractivity contribution in [3.63, 3.8) is 0 Å². The van der Waals surface area contributed by atoms with E-state index in [0.29, 0.717) is 5.39 Å². The van der Waals surface area contributed by atoms with Gasteiger partial charge in [0.25, 0.3) is 0 Å². The Labute approximate surface area is 167 Å². The molecule has 0 N–H and O–H groups in total. The number of hydrogen-bond donors (Lipinski definition) is 0. The second kappa shape index (κ2) is 7.88. The third-order valence-corrected chi connectivity index (χ3v) is 5.23. The summed E-state index contributed by atoms with van der Waals surface area (Å²) < 4.78 is 35.5. The van der Waals surface area contributed by atoms with Crippen molar-refractivity contribution in [1.82, 2.24) is 0 Å². The van der Waals surface area contributed by atoms with E-state index in [1.807, 2.05) is 19.9 Å². The Kier molecular flexibility index (Phi) is 7.11. The van der Waals surface area contributed by atoms with Gasteiger partial charge in [0.15, 0.2) is 0 Å². The zero-order valence-electron chi connectivity index (χ0n) is 15.7. The second-order valence-electron chi connectivity index (χ2n) is 7.07. The molecule has 0 fully saturated rings. The Balaban J connectivity index is 0.00000288. The van der Waals surface area contributed by atoms with Crippen LogP contribution in [0.3, 0.4) is 0 Å². The topological polar surface area (TPSA) is 57.2 Å². The van der Waals surface area contributed by atoms with Crippen molar-refractivity contribution < 1.29 is 42.5 Å². The summed E-state index contributed by atoms with van der Waals surface area (Å²) in [5.41, 5.74) is 3.11. The van der Waals surface area contributed by atoms with Crippen LogP contribution in [0.4, 0.5) is 0 Å². The number of benzene rings is 2. The Morgan fingerprint density at radius 3 is 1.38 bits per heavy atom. The molecule has 0 saturated heterocycles. The summed E-state index contributed by atoms with van der Waals surface area (Å²) in [7, 11) is -4.52. The van der Waals surface area contributed by atoms with E-state index < -0.39 is 10.1 Å². The summed E-state index contributed by atoms with van der Waals surface area (Å²) in [6.45, 7) is 12.4. The van der Waals surface area contributed by atoms with Crippen molar-refractivity contribution in [2.45, 2.75) is 64.2 Å². The first kappa shape index (κ1) is 21.7. The molecule has 0 aromatic heterocycles. The van der Waals surface area contributed by atoms with Crippen LogP contribution < -0.4 is 29.6 Å². The van der Waals surface area contributed by atoms with Crippen LogP contribution in [0.2, 0.25) is 0 Å². The van der Waals surface area contributed by atoms with E-state index in [1.165, 1.54) is 6.07 Å². The molecule has 24 heavy (non-hydrogen) atoms. The molecule has 0 aliphatic carbocycles. The normalized spacial score (nSPS) is 12.2. The van der Waals surface area contributed by atoms with E-state index in [4.69, 9.17) is 0 Å². The monoisotopic (exact) mass is 356 g/mol. The van der Waals surface area contributed by atoms with Gasteiger partial charge in [-0.05, 0) is 45.9 Å². The first-order valence-corrected chi connectivity index (χ1v) is 9.51. The average Bonchev–Trinajstić information content (AvgIpc) is 2.42. The fourth-order valence-corrected chi connectivity index (χ4v) is 3.90. The van der Waals surface area contributed by atoms with Crippen molar-refractivity contribution >= 4 is 20.9 Å². The molecule has 0 radical (unpaired) electrons. The van der Waals surface area contributed by atoms with Crippen LogP contribution in [-0.2, 0) is 10.1 Å². The Bertz CT molecular complexity index is 823. The summed E-state index contributed by atoms with van der Waals surface area (Å²) >= 11 is 0. The van der Waals surface area contributed by atoms with Gasteiger partial charge in [-0.1, -0.05) is 59.7 Å². The molecule has 0 atom stereocenters. The van der Waals surface area contributed by atoms with Gasteiger partial charge in [0, 0.05) is 5.39 Å². The van der Waals surface area contributed by atoms with Crippen molar-refractivity contribution in [3.05, 3.63) is 41.0 Å². The standard InChI is InChI=1S/C19H26O3S.Na/c1-11(2)14-7-8-16(13(5)6)19-17(23(20,21)22)10-9-15(12(3)4)18(14)19;/h7-13H,1-6H3,(H,20,21,22);/q;+1/p-1. The summed E-state index contributed by atoms with van der Waals surface area (Å²) in [6.07, 6.45) is 0. The van der Waals surface area contributed by atoms with Gasteiger partial charge >= 0.3 is 29.6 Å². The van der Waals surface area contributed by atoms with Crippen molar-refractivity contribution in [2.24, 2.45) is 0 Å². The first-order chi connectivity index (χ1) is 10.6. The minimum Gasteiger partial charge on any atom is -0.744 e. The second-order valence-corrected chi connectivity index (χ2v) is 8.41. The zero-order valence-corrected chi connectivity index (χ0v) is 18.5. The molecule has 0 saturated carbocycles. The van der Waals surface area contributed by atoms with E-state index in [-0.39, 0.29) is 52.2 Å². The van der Waals surface area contributed by atoms with E-state index in [1.54, 1.807) is 6.07 Å². The van der Waals surface area contributed by atoms with E-state index in [9.17, 15) is 13.0 Å². The molecule has 5 heteroatoms. The van der Waals surface area contributed by atoms with Crippen LogP contribution >= 0.6 is 0 Å². The van der Waals surface area contributed by atoms with E-state index >= 15 is 0 Å². The molecule has 2 rings (SSSR count). The molecule has 126 valence electrons. The van der Waals surface area contributed by atoms with Gasteiger partial charge in [-0.2, -0.15) is 0 Å². The maximum Gasteiger partial charge on any atom is 1.00 e. The van der Waals surface area contributed by atoms with Crippen LogP contribution in [0.15, 0.2) is 29.2 Å². The molecule has 0 bridgehead atoms. The molecular weight excluding hydrogens is 331 g/mol. The summed E-state index contributed by atoms with van der Waals surface area (Å²) in [5.74, 6) is 0.642. The minimum absolute atomic E-state index is 0. The minimum atomic E-state index is -4.52. The summed E-state index contributed by atoms with van der Waals surface area (Å²) in [4.78, 5) is -0.0944. The predicted molar refractivity (Wildman–Crippen MR) is 94.2 cm³/mol. The van der Waals surface area contributed by atoms with Crippen molar-refractivity contribution in [1.29, 1.82) is 0 Å². The molecule has 0 aliphatic rings. The quantitative estimate of drug-likeness (QED) is 0.623. The van der Waals surface area contributed by atoms with E-state index in [2.05, 4.69) is 33.8 Å². The molecular formula is C19H25NaO3S. The zero-order chi connectivity index (χ0) is 17.5. The number of rotatable bonds is 4. The maximum atomic E-state index is 11.8. The molecule has 0 amide bonds. The van der Waals surface area contributed by atoms with Crippen LogP contribution in [0, 0.1) is 0 Å². The van der Waals surface area contributed by atoms with Crippen molar-refractivity contribution in [3.8, 4) is 0 Å². The number of fused-ring (bicyclic) bond motifs is 1. The molecule has 0 unspecified atom stereocenters. The van der Waals surface area contributed by atoms with Gasteiger partial charge in [-0.3, -0.25) is 0 Å². The molecule has 0 spiro atoms. The van der Waals surface area contributed by atoms with Crippen LogP contribution in [0.1, 0.15) is 76.0 Å². The third-order valence-electron chi connectivity index (χ3n) is 4.35. The fourth-order valence-electron chi connectivity index (χ4n) is 3.20. The average molecular weight is 356 g/mol. The Hall–Kier alpha value is -0.390. The SMILES string of the molecule is CC(C)c1ccc(C(C)C)c2c(S(=O)(=O)[O-])ccc(C(C)C)c12.[Na+]. The number of hydrogen-bond acceptors (Lipinski definition) is 3.